The third-order valence-electron chi connectivity index (χ3n) is 2.37. The Bertz CT molecular complexity index is 451. The van der Waals surface area contributed by atoms with Crippen LogP contribution in [0, 0.1) is 0 Å². The minimum absolute atomic E-state index is 0.0669. The van der Waals surface area contributed by atoms with Gasteiger partial charge in [0.25, 0.3) is 0 Å². The normalized spacial score (nSPS) is 14.1. The minimum atomic E-state index is -0.925. The van der Waals surface area contributed by atoms with Crippen molar-refractivity contribution in [2.75, 3.05) is 37.9 Å². The summed E-state index contributed by atoms with van der Waals surface area (Å²) in [7, 11) is 3.78. The molecule has 9 heteroatoms. The number of rotatable bonds is 8. The van der Waals surface area contributed by atoms with Gasteiger partial charge in [-0.3, -0.25) is 5.43 Å². The standard InChI is InChI=1S/C12H25N7O2/c1-8(2)21-11-16-9(15-10(17-11)18-13)14-6-12(3,20)7-19(4)5/h8,20H,6-7,13H2,1-5H3,(H2,14,15,16,17,18). The van der Waals surface area contributed by atoms with Crippen molar-refractivity contribution < 1.29 is 9.84 Å². The van der Waals surface area contributed by atoms with Gasteiger partial charge < -0.3 is 20.1 Å². The van der Waals surface area contributed by atoms with Crippen molar-refractivity contribution in [3.63, 3.8) is 0 Å². The van der Waals surface area contributed by atoms with Gasteiger partial charge in [0, 0.05) is 13.1 Å². The molecule has 1 aromatic rings. The molecule has 0 fully saturated rings. The Morgan fingerprint density at radius 2 is 1.90 bits per heavy atom. The van der Waals surface area contributed by atoms with Crippen molar-refractivity contribution >= 4 is 11.9 Å². The lowest BCUT2D eigenvalue weighted by atomic mass is 10.1. The van der Waals surface area contributed by atoms with E-state index in [0.29, 0.717) is 6.54 Å². The van der Waals surface area contributed by atoms with Crippen LogP contribution in [0.3, 0.4) is 0 Å². The first-order valence-corrected chi connectivity index (χ1v) is 6.72. The van der Waals surface area contributed by atoms with Crippen LogP contribution in [0.15, 0.2) is 0 Å². The highest BCUT2D eigenvalue weighted by atomic mass is 16.5. The van der Waals surface area contributed by atoms with Gasteiger partial charge in [-0.1, -0.05) is 0 Å². The fourth-order valence-electron chi connectivity index (χ4n) is 1.77. The van der Waals surface area contributed by atoms with Crippen molar-refractivity contribution in [2.45, 2.75) is 32.5 Å². The molecule has 0 radical (unpaired) electrons. The first-order chi connectivity index (χ1) is 9.71. The molecule has 0 aliphatic heterocycles. The molecule has 1 atom stereocenters. The molecule has 0 saturated heterocycles. The molecular weight excluding hydrogens is 274 g/mol. The van der Waals surface area contributed by atoms with E-state index < -0.39 is 5.60 Å². The summed E-state index contributed by atoms with van der Waals surface area (Å²) in [4.78, 5) is 14.1. The number of hydrogen-bond donors (Lipinski definition) is 4. The molecule has 9 nitrogen and oxygen atoms in total. The number of hydrogen-bond acceptors (Lipinski definition) is 9. The second kappa shape index (κ2) is 7.34. The van der Waals surface area contributed by atoms with Crippen LogP contribution in [0.5, 0.6) is 6.01 Å². The molecule has 1 unspecified atom stereocenters. The number of anilines is 2. The van der Waals surface area contributed by atoms with Crippen LogP contribution in [-0.2, 0) is 0 Å². The summed E-state index contributed by atoms with van der Waals surface area (Å²) in [6, 6.07) is 0.169. The van der Waals surface area contributed by atoms with Gasteiger partial charge in [0.2, 0.25) is 11.9 Å². The summed E-state index contributed by atoms with van der Waals surface area (Å²) in [6.45, 7) is 6.25. The summed E-state index contributed by atoms with van der Waals surface area (Å²) in [6.07, 6.45) is -0.0669. The molecule has 0 amide bonds. The molecule has 5 N–H and O–H groups in total. The van der Waals surface area contributed by atoms with E-state index in [1.54, 1.807) is 6.92 Å². The second-order valence-electron chi connectivity index (χ2n) is 5.66. The van der Waals surface area contributed by atoms with Crippen LogP contribution in [0.4, 0.5) is 11.9 Å². The number of aromatic nitrogens is 3. The van der Waals surface area contributed by atoms with E-state index in [1.165, 1.54) is 0 Å². The lowest BCUT2D eigenvalue weighted by Crippen LogP contribution is -2.43. The molecule has 21 heavy (non-hydrogen) atoms. The third kappa shape index (κ3) is 6.52. The largest absolute Gasteiger partial charge is 0.461 e. The van der Waals surface area contributed by atoms with Crippen molar-refractivity contribution in [3.05, 3.63) is 0 Å². The summed E-state index contributed by atoms with van der Waals surface area (Å²) >= 11 is 0. The highest BCUT2D eigenvalue weighted by molar-refractivity contribution is 5.35. The molecular formula is C12H25N7O2. The van der Waals surface area contributed by atoms with Gasteiger partial charge in [-0.2, -0.15) is 15.0 Å². The summed E-state index contributed by atoms with van der Waals surface area (Å²) in [5.41, 5.74) is 1.43. The van der Waals surface area contributed by atoms with Crippen LogP contribution >= 0.6 is 0 Å². The molecule has 1 aromatic heterocycles. The van der Waals surface area contributed by atoms with Gasteiger partial charge in [-0.05, 0) is 34.9 Å². The zero-order valence-electron chi connectivity index (χ0n) is 13.2. The Kier molecular flexibility index (Phi) is 6.06. The SMILES string of the molecule is CC(C)Oc1nc(NN)nc(NCC(C)(O)CN(C)C)n1. The average Bonchev–Trinajstić information content (AvgIpc) is 2.34. The summed E-state index contributed by atoms with van der Waals surface area (Å²) in [5, 5.41) is 13.2. The van der Waals surface area contributed by atoms with E-state index in [-0.39, 0.29) is 30.6 Å². The highest BCUT2D eigenvalue weighted by Gasteiger charge is 2.22. The molecule has 0 spiro atoms. The molecule has 0 saturated carbocycles. The monoisotopic (exact) mass is 299 g/mol. The fraction of sp³-hybridized carbons (Fsp3) is 0.750. The second-order valence-corrected chi connectivity index (χ2v) is 5.66. The quantitative estimate of drug-likeness (QED) is 0.377. The first-order valence-electron chi connectivity index (χ1n) is 6.72. The lowest BCUT2D eigenvalue weighted by Gasteiger charge is -2.27. The van der Waals surface area contributed by atoms with Crippen LogP contribution < -0.4 is 21.3 Å². The van der Waals surface area contributed by atoms with Crippen molar-refractivity contribution in [1.29, 1.82) is 0 Å². The van der Waals surface area contributed by atoms with Crippen molar-refractivity contribution in [1.82, 2.24) is 19.9 Å². The molecule has 120 valence electrons. The van der Waals surface area contributed by atoms with E-state index in [1.807, 2.05) is 32.8 Å². The van der Waals surface area contributed by atoms with Crippen LogP contribution in [0.25, 0.3) is 0 Å². The van der Waals surface area contributed by atoms with Gasteiger partial charge in [0.05, 0.1) is 11.7 Å². The van der Waals surface area contributed by atoms with Crippen LogP contribution in [-0.4, -0.2) is 63.8 Å². The maximum absolute atomic E-state index is 10.2. The summed E-state index contributed by atoms with van der Waals surface area (Å²) < 4.78 is 5.43. The van der Waals surface area contributed by atoms with E-state index in [9.17, 15) is 5.11 Å². The average molecular weight is 299 g/mol. The predicted octanol–water partition coefficient (Wildman–Crippen LogP) is -0.331. The van der Waals surface area contributed by atoms with E-state index in [4.69, 9.17) is 10.6 Å². The fourth-order valence-corrected chi connectivity index (χ4v) is 1.77. The Morgan fingerprint density at radius 3 is 2.43 bits per heavy atom. The topological polar surface area (TPSA) is 121 Å². The minimum Gasteiger partial charge on any atom is -0.461 e. The number of likely N-dealkylation sites (N-methyl/N-ethyl adjacent to an activating group) is 1. The van der Waals surface area contributed by atoms with Gasteiger partial charge in [0.1, 0.15) is 0 Å². The molecule has 0 bridgehead atoms. The third-order valence-corrected chi connectivity index (χ3v) is 2.37. The van der Waals surface area contributed by atoms with Gasteiger partial charge in [0.15, 0.2) is 0 Å². The molecule has 0 aliphatic rings. The van der Waals surface area contributed by atoms with E-state index in [2.05, 4.69) is 25.7 Å². The Labute approximate surface area is 124 Å². The van der Waals surface area contributed by atoms with Crippen LogP contribution in [0.2, 0.25) is 0 Å². The molecule has 1 heterocycles. The number of nitrogen functional groups attached to an aromatic ring is 1. The maximum atomic E-state index is 10.2. The zero-order valence-corrected chi connectivity index (χ0v) is 13.2. The number of nitrogens with one attached hydrogen (secondary N) is 2. The highest BCUT2D eigenvalue weighted by Crippen LogP contribution is 2.13. The van der Waals surface area contributed by atoms with Crippen LogP contribution in [0.1, 0.15) is 20.8 Å². The lowest BCUT2D eigenvalue weighted by molar-refractivity contribution is 0.0458. The smallest absolute Gasteiger partial charge is 0.323 e. The van der Waals surface area contributed by atoms with Gasteiger partial charge in [-0.15, -0.1) is 0 Å². The van der Waals surface area contributed by atoms with Crippen molar-refractivity contribution in [2.24, 2.45) is 5.84 Å². The van der Waals surface area contributed by atoms with E-state index >= 15 is 0 Å². The maximum Gasteiger partial charge on any atom is 0.323 e. The number of ether oxygens (including phenoxy) is 1. The molecule has 0 aliphatic carbocycles. The number of nitrogens with two attached hydrogens (primary N) is 1. The molecule has 1 rings (SSSR count). The summed E-state index contributed by atoms with van der Waals surface area (Å²) in [5.74, 6) is 5.80. The Morgan fingerprint density at radius 1 is 1.29 bits per heavy atom. The first kappa shape index (κ1) is 17.3. The van der Waals surface area contributed by atoms with Gasteiger partial charge in [-0.25, -0.2) is 5.84 Å². The van der Waals surface area contributed by atoms with Crippen molar-refractivity contribution in [3.8, 4) is 6.01 Å². The Hall–Kier alpha value is -1.71. The number of nitrogens with zero attached hydrogens (tertiary/aromatic N) is 4. The Balaban J connectivity index is 2.78. The zero-order chi connectivity index (χ0) is 16.0. The predicted molar refractivity (Wildman–Crippen MR) is 81.1 cm³/mol. The number of hydrazine groups is 1. The number of aliphatic hydroxyl groups is 1. The van der Waals surface area contributed by atoms with E-state index in [0.717, 1.165) is 0 Å². The molecule has 0 aromatic carbocycles. The van der Waals surface area contributed by atoms with Gasteiger partial charge >= 0.3 is 6.01 Å².